The number of nitriles is 1. The summed E-state index contributed by atoms with van der Waals surface area (Å²) >= 11 is 0. The third-order valence-corrected chi connectivity index (χ3v) is 3.49. The fourth-order valence-electron chi connectivity index (χ4n) is 2.43. The van der Waals surface area contributed by atoms with Crippen LogP contribution in [0.15, 0.2) is 47.1 Å². The molecule has 0 radical (unpaired) electrons. The number of aliphatic hydroxyl groups excluding tert-OH is 1. The number of hydrogen-bond donors (Lipinski definition) is 1. The molecule has 1 atom stereocenters. The molecule has 0 unspecified atom stereocenters. The molecule has 1 aromatic rings. The van der Waals surface area contributed by atoms with Gasteiger partial charge in [0.2, 0.25) is 0 Å². The van der Waals surface area contributed by atoms with Crippen molar-refractivity contribution in [2.45, 2.75) is 19.8 Å². The summed E-state index contributed by atoms with van der Waals surface area (Å²) in [5.74, 6) is -2.11. The third-order valence-electron chi connectivity index (χ3n) is 3.49. The van der Waals surface area contributed by atoms with Gasteiger partial charge in [-0.1, -0.05) is 12.1 Å². The Morgan fingerprint density at radius 1 is 1.46 bits per heavy atom. The van der Waals surface area contributed by atoms with Crippen LogP contribution in [0, 0.1) is 21.4 Å². The molecule has 24 heavy (non-hydrogen) atoms. The average molecular weight is 330 g/mol. The Morgan fingerprint density at radius 2 is 2.08 bits per heavy atom. The highest BCUT2D eigenvalue weighted by molar-refractivity contribution is 5.92. The summed E-state index contributed by atoms with van der Waals surface area (Å²) in [6.45, 7) is 3.23. The number of carbonyl (C=O) groups is 1. The van der Waals surface area contributed by atoms with Crippen LogP contribution in [0.4, 0.5) is 5.69 Å². The zero-order valence-electron chi connectivity index (χ0n) is 13.0. The SMILES string of the molecule is CCOC(=O)C1=C(C)OC(O)=C(C#N)[C@H]1c1ccc([N+](=O)[O-])cc1. The molecule has 2 rings (SSSR count). The van der Waals surface area contributed by atoms with E-state index < -0.39 is 22.8 Å². The van der Waals surface area contributed by atoms with Crippen molar-refractivity contribution >= 4 is 11.7 Å². The first-order valence-corrected chi connectivity index (χ1v) is 7.04. The minimum atomic E-state index is -0.927. The van der Waals surface area contributed by atoms with E-state index in [1.807, 2.05) is 6.07 Å². The van der Waals surface area contributed by atoms with Crippen molar-refractivity contribution in [1.82, 2.24) is 0 Å². The van der Waals surface area contributed by atoms with Crippen LogP contribution in [-0.4, -0.2) is 22.6 Å². The third kappa shape index (κ3) is 3.05. The molecule has 0 spiro atoms. The van der Waals surface area contributed by atoms with Gasteiger partial charge in [-0.15, -0.1) is 0 Å². The quantitative estimate of drug-likeness (QED) is 0.511. The van der Waals surface area contributed by atoms with Crippen LogP contribution < -0.4 is 0 Å². The summed E-state index contributed by atoms with van der Waals surface area (Å²) in [4.78, 5) is 22.5. The van der Waals surface area contributed by atoms with Crippen molar-refractivity contribution in [2.75, 3.05) is 6.61 Å². The lowest BCUT2D eigenvalue weighted by Crippen LogP contribution is -2.23. The number of rotatable bonds is 4. The molecule has 0 saturated carbocycles. The van der Waals surface area contributed by atoms with E-state index >= 15 is 0 Å². The molecule has 8 heteroatoms. The van der Waals surface area contributed by atoms with Crippen LogP contribution in [0.25, 0.3) is 0 Å². The van der Waals surface area contributed by atoms with E-state index in [1.54, 1.807) is 6.92 Å². The molecular weight excluding hydrogens is 316 g/mol. The molecule has 1 N–H and O–H groups in total. The van der Waals surface area contributed by atoms with E-state index in [-0.39, 0.29) is 29.2 Å². The highest BCUT2D eigenvalue weighted by atomic mass is 16.6. The molecule has 0 saturated heterocycles. The van der Waals surface area contributed by atoms with Gasteiger partial charge in [0.1, 0.15) is 17.4 Å². The smallest absolute Gasteiger partial charge is 0.338 e. The number of benzene rings is 1. The zero-order valence-corrected chi connectivity index (χ0v) is 13.0. The Balaban J connectivity index is 2.57. The lowest BCUT2D eigenvalue weighted by molar-refractivity contribution is -0.384. The van der Waals surface area contributed by atoms with Gasteiger partial charge in [0.25, 0.3) is 11.6 Å². The number of nitro groups is 1. The number of aliphatic hydroxyl groups is 1. The van der Waals surface area contributed by atoms with Crippen molar-refractivity contribution in [1.29, 1.82) is 5.26 Å². The zero-order chi connectivity index (χ0) is 17.9. The molecule has 1 aromatic carbocycles. The summed E-state index contributed by atoms with van der Waals surface area (Å²) < 4.78 is 10.1. The Hall–Kier alpha value is -3.34. The Morgan fingerprint density at radius 3 is 2.58 bits per heavy atom. The van der Waals surface area contributed by atoms with Gasteiger partial charge in [-0.05, 0) is 19.4 Å². The molecule has 0 bridgehead atoms. The summed E-state index contributed by atoms with van der Waals surface area (Å²) in [5, 5.41) is 30.0. The molecule has 1 aliphatic rings. The molecule has 124 valence electrons. The van der Waals surface area contributed by atoms with Crippen LogP contribution in [0.1, 0.15) is 25.3 Å². The number of nitro benzene ring substituents is 1. The van der Waals surface area contributed by atoms with E-state index in [1.165, 1.54) is 31.2 Å². The van der Waals surface area contributed by atoms with Crippen LogP contribution in [0.3, 0.4) is 0 Å². The van der Waals surface area contributed by atoms with Crippen LogP contribution in [-0.2, 0) is 14.3 Å². The maximum atomic E-state index is 12.3. The second-order valence-corrected chi connectivity index (χ2v) is 4.90. The monoisotopic (exact) mass is 330 g/mol. The first-order valence-electron chi connectivity index (χ1n) is 7.04. The first-order chi connectivity index (χ1) is 11.4. The topological polar surface area (TPSA) is 123 Å². The standard InChI is InChI=1S/C16H14N2O6/c1-3-23-16(20)13-9(2)24-15(19)12(8-17)14(13)10-4-6-11(7-5-10)18(21)22/h4-7,14,19H,3H2,1-2H3/t14-/m1/s1. The fourth-order valence-corrected chi connectivity index (χ4v) is 2.43. The molecule has 0 amide bonds. The van der Waals surface area contributed by atoms with Crippen LogP contribution >= 0.6 is 0 Å². The number of carbonyl (C=O) groups excluding carboxylic acids is 1. The molecule has 0 fully saturated rings. The van der Waals surface area contributed by atoms with Crippen molar-refractivity contribution in [3.8, 4) is 6.07 Å². The van der Waals surface area contributed by atoms with E-state index in [2.05, 4.69) is 0 Å². The Bertz CT molecular complexity index is 786. The van der Waals surface area contributed by atoms with Crippen LogP contribution in [0.2, 0.25) is 0 Å². The van der Waals surface area contributed by atoms with E-state index in [4.69, 9.17) is 9.47 Å². The lowest BCUT2D eigenvalue weighted by Gasteiger charge is -2.25. The second-order valence-electron chi connectivity index (χ2n) is 4.90. The summed E-state index contributed by atoms with van der Waals surface area (Å²) in [5.41, 5.74) is 0.197. The van der Waals surface area contributed by atoms with Gasteiger partial charge < -0.3 is 14.6 Å². The summed E-state index contributed by atoms with van der Waals surface area (Å²) in [6, 6.07) is 7.18. The van der Waals surface area contributed by atoms with Gasteiger partial charge >= 0.3 is 5.97 Å². The maximum absolute atomic E-state index is 12.3. The largest absolute Gasteiger partial charge is 0.480 e. The van der Waals surface area contributed by atoms with Crippen molar-refractivity contribution in [3.05, 3.63) is 62.8 Å². The number of non-ortho nitro benzene ring substituents is 1. The average Bonchev–Trinajstić information content (AvgIpc) is 2.54. The maximum Gasteiger partial charge on any atom is 0.338 e. The van der Waals surface area contributed by atoms with Gasteiger partial charge in [0.05, 0.1) is 23.0 Å². The molecule has 0 aliphatic carbocycles. The Labute approximate surface area is 137 Å². The molecule has 0 aromatic heterocycles. The summed E-state index contributed by atoms with van der Waals surface area (Å²) in [7, 11) is 0. The van der Waals surface area contributed by atoms with Crippen molar-refractivity contribution < 1.29 is 24.3 Å². The number of esters is 1. The van der Waals surface area contributed by atoms with Gasteiger partial charge in [-0.25, -0.2) is 4.79 Å². The van der Waals surface area contributed by atoms with Gasteiger partial charge in [-0.2, -0.15) is 5.26 Å². The minimum Gasteiger partial charge on any atom is -0.480 e. The van der Waals surface area contributed by atoms with Crippen LogP contribution in [0.5, 0.6) is 0 Å². The fraction of sp³-hybridized carbons (Fsp3) is 0.250. The lowest BCUT2D eigenvalue weighted by atomic mass is 9.83. The predicted octanol–water partition coefficient (Wildman–Crippen LogP) is 2.84. The molecular formula is C16H14N2O6. The number of hydrogen-bond acceptors (Lipinski definition) is 7. The van der Waals surface area contributed by atoms with Gasteiger partial charge in [0.15, 0.2) is 0 Å². The van der Waals surface area contributed by atoms with E-state index in [0.29, 0.717) is 5.56 Å². The van der Waals surface area contributed by atoms with Crippen molar-refractivity contribution in [3.63, 3.8) is 0 Å². The normalized spacial score (nSPS) is 17.1. The van der Waals surface area contributed by atoms with E-state index in [0.717, 1.165) is 0 Å². The van der Waals surface area contributed by atoms with Gasteiger partial charge in [-0.3, -0.25) is 10.1 Å². The first kappa shape index (κ1) is 17.0. The minimum absolute atomic E-state index is 0.0695. The molecule has 1 aliphatic heterocycles. The molecule has 1 heterocycles. The molecule has 8 nitrogen and oxygen atoms in total. The highest BCUT2D eigenvalue weighted by Gasteiger charge is 2.37. The van der Waals surface area contributed by atoms with E-state index in [9.17, 15) is 25.3 Å². The predicted molar refractivity (Wildman–Crippen MR) is 81.5 cm³/mol. The number of nitrogens with zero attached hydrogens (tertiary/aromatic N) is 2. The number of allylic oxidation sites excluding steroid dienone is 2. The van der Waals surface area contributed by atoms with Crippen molar-refractivity contribution in [2.24, 2.45) is 0 Å². The van der Waals surface area contributed by atoms with Gasteiger partial charge in [0, 0.05) is 12.1 Å². The second kappa shape index (κ2) is 6.83. The Kier molecular flexibility index (Phi) is 4.84. The summed E-state index contributed by atoms with van der Waals surface area (Å²) in [6.07, 6.45) is 0. The highest BCUT2D eigenvalue weighted by Crippen LogP contribution is 2.40. The number of ether oxygens (including phenoxy) is 2.